The Labute approximate surface area is 199 Å². The number of rotatable bonds is 5. The van der Waals surface area contributed by atoms with Crippen LogP contribution in [0.2, 0.25) is 0 Å². The zero-order valence-electron chi connectivity index (χ0n) is 18.6. The molecule has 3 aliphatic heterocycles. The van der Waals surface area contributed by atoms with E-state index in [1.807, 2.05) is 6.07 Å². The highest BCUT2D eigenvalue weighted by Gasteiger charge is 2.28. The summed E-state index contributed by atoms with van der Waals surface area (Å²) in [7, 11) is 1.69. The molecule has 3 aliphatic rings. The van der Waals surface area contributed by atoms with Crippen molar-refractivity contribution in [2.24, 2.45) is 0 Å². The smallest absolute Gasteiger partial charge is 0.231 e. The van der Waals surface area contributed by atoms with Crippen molar-refractivity contribution in [3.05, 3.63) is 42.1 Å². The van der Waals surface area contributed by atoms with Gasteiger partial charge in [-0.05, 0) is 35.2 Å². The number of morpholine rings is 1. The van der Waals surface area contributed by atoms with Gasteiger partial charge in [-0.15, -0.1) is 0 Å². The number of benzene rings is 2. The minimum Gasteiger partial charge on any atom is -1.00 e. The van der Waals surface area contributed by atoms with Gasteiger partial charge in [0.2, 0.25) is 12.5 Å². The van der Waals surface area contributed by atoms with Crippen LogP contribution in [0.3, 0.4) is 0 Å². The lowest BCUT2D eigenvalue weighted by Crippen LogP contribution is -3.00. The van der Waals surface area contributed by atoms with Gasteiger partial charge >= 0.3 is 0 Å². The van der Waals surface area contributed by atoms with Crippen LogP contribution in [-0.2, 0) is 17.7 Å². The highest BCUT2D eigenvalue weighted by molar-refractivity contribution is 5.91. The summed E-state index contributed by atoms with van der Waals surface area (Å²) in [5, 5.41) is 2.20. The first kappa shape index (κ1) is 22.1. The first-order valence-electron chi connectivity index (χ1n) is 11.2. The average Bonchev–Trinajstić information content (AvgIpc) is 3.30. The maximum absolute atomic E-state index is 6.31. The van der Waals surface area contributed by atoms with Crippen LogP contribution in [0.25, 0.3) is 22.0 Å². The Morgan fingerprint density at radius 1 is 1.06 bits per heavy atom. The normalized spacial score (nSPS) is 16.6. The number of nitrogens with zero attached hydrogens (tertiary/aromatic N) is 2. The quantitative estimate of drug-likeness (QED) is 0.482. The fourth-order valence-corrected chi connectivity index (χ4v) is 4.81. The van der Waals surface area contributed by atoms with E-state index in [2.05, 4.69) is 39.9 Å². The van der Waals surface area contributed by atoms with E-state index in [1.54, 1.807) is 7.11 Å². The summed E-state index contributed by atoms with van der Waals surface area (Å²) in [5.74, 6) is 3.24. The maximum Gasteiger partial charge on any atom is 0.231 e. The van der Waals surface area contributed by atoms with E-state index >= 15 is 0 Å². The monoisotopic (exact) mass is 470 g/mol. The molecule has 6 rings (SSSR count). The first-order valence-corrected chi connectivity index (χ1v) is 11.2. The number of methoxy groups -OCH3 is 1. The number of halogens is 1. The molecule has 1 saturated heterocycles. The first-order chi connectivity index (χ1) is 15.8. The number of aryl methyl sites for hydroxylation is 2. The second kappa shape index (κ2) is 9.25. The lowest BCUT2D eigenvalue weighted by atomic mass is 9.95. The molecule has 0 atom stereocenters. The van der Waals surface area contributed by atoms with E-state index in [1.165, 1.54) is 16.8 Å². The summed E-state index contributed by atoms with van der Waals surface area (Å²) in [4.78, 5) is 2.37. The number of pyridine rings is 1. The Morgan fingerprint density at radius 3 is 2.70 bits per heavy atom. The van der Waals surface area contributed by atoms with Gasteiger partial charge in [-0.1, -0.05) is 0 Å². The molecule has 0 amide bonds. The molecule has 8 heteroatoms. The summed E-state index contributed by atoms with van der Waals surface area (Å²) >= 11 is 0. The maximum atomic E-state index is 6.31. The van der Waals surface area contributed by atoms with Crippen molar-refractivity contribution in [2.75, 3.05) is 53.4 Å². The van der Waals surface area contributed by atoms with Gasteiger partial charge < -0.3 is 36.1 Å². The van der Waals surface area contributed by atoms with E-state index in [4.69, 9.17) is 23.7 Å². The SMILES string of the molecule is COc1ccc2cc3[n+](cc2c1OCCN1CCOCC1)CCc1cc2c(cc1-3)OCO2.[Cl-]. The third-order valence-corrected chi connectivity index (χ3v) is 6.55. The molecular weight excluding hydrogens is 444 g/mol. The number of fused-ring (bicyclic) bond motifs is 5. The van der Waals surface area contributed by atoms with Crippen molar-refractivity contribution in [2.45, 2.75) is 13.0 Å². The molecule has 4 heterocycles. The lowest BCUT2D eigenvalue weighted by Gasteiger charge is -2.26. The molecule has 7 nitrogen and oxygen atoms in total. The van der Waals surface area contributed by atoms with Gasteiger partial charge in [-0.25, -0.2) is 0 Å². The summed E-state index contributed by atoms with van der Waals surface area (Å²) < 4.78 is 30.9. The minimum atomic E-state index is 0. The zero-order chi connectivity index (χ0) is 21.5. The Morgan fingerprint density at radius 2 is 1.88 bits per heavy atom. The lowest BCUT2D eigenvalue weighted by molar-refractivity contribution is -0.686. The number of aromatic nitrogens is 1. The fourth-order valence-electron chi connectivity index (χ4n) is 4.81. The third kappa shape index (κ3) is 4.05. The van der Waals surface area contributed by atoms with Crippen molar-refractivity contribution >= 4 is 10.8 Å². The molecule has 0 N–H and O–H groups in total. The van der Waals surface area contributed by atoms with E-state index in [9.17, 15) is 0 Å². The number of hydrogen-bond donors (Lipinski definition) is 0. The molecule has 0 aliphatic carbocycles. The van der Waals surface area contributed by atoms with Crippen LogP contribution >= 0.6 is 0 Å². The topological polar surface area (TPSA) is 53.3 Å². The summed E-state index contributed by atoms with van der Waals surface area (Å²) in [6, 6.07) is 10.6. The molecule has 2 aromatic carbocycles. The van der Waals surface area contributed by atoms with E-state index < -0.39 is 0 Å². The zero-order valence-corrected chi connectivity index (χ0v) is 19.4. The molecule has 0 radical (unpaired) electrons. The molecular formula is C25H27ClN2O5. The van der Waals surface area contributed by atoms with Crippen molar-refractivity contribution in [1.29, 1.82) is 0 Å². The van der Waals surface area contributed by atoms with E-state index in [-0.39, 0.29) is 12.4 Å². The molecule has 0 bridgehead atoms. The van der Waals surface area contributed by atoms with Crippen LogP contribution in [0.15, 0.2) is 36.5 Å². The van der Waals surface area contributed by atoms with Crippen LogP contribution in [0.4, 0.5) is 0 Å². The van der Waals surface area contributed by atoms with Crippen LogP contribution in [0.1, 0.15) is 5.56 Å². The van der Waals surface area contributed by atoms with Gasteiger partial charge in [0.15, 0.2) is 35.7 Å². The molecule has 33 heavy (non-hydrogen) atoms. The Kier molecular flexibility index (Phi) is 6.19. The van der Waals surface area contributed by atoms with Crippen LogP contribution in [-0.4, -0.2) is 58.3 Å². The second-order valence-corrected chi connectivity index (χ2v) is 8.37. The fraction of sp³-hybridized carbons (Fsp3) is 0.400. The average molecular weight is 471 g/mol. The largest absolute Gasteiger partial charge is 1.00 e. The second-order valence-electron chi connectivity index (χ2n) is 8.37. The van der Waals surface area contributed by atoms with Gasteiger partial charge in [0.1, 0.15) is 6.61 Å². The van der Waals surface area contributed by atoms with Crippen molar-refractivity contribution < 1.29 is 40.7 Å². The Bertz CT molecular complexity index is 1180. The highest BCUT2D eigenvalue weighted by Crippen LogP contribution is 2.41. The molecule has 0 saturated carbocycles. The highest BCUT2D eigenvalue weighted by atomic mass is 35.5. The molecule has 1 aromatic heterocycles. The van der Waals surface area contributed by atoms with Gasteiger partial charge in [0, 0.05) is 32.1 Å². The molecule has 0 unspecified atom stereocenters. The Hall–Kier alpha value is -2.74. The summed E-state index contributed by atoms with van der Waals surface area (Å²) in [6.45, 7) is 6.19. The number of ether oxygens (including phenoxy) is 5. The third-order valence-electron chi connectivity index (χ3n) is 6.55. The van der Waals surface area contributed by atoms with Crippen molar-refractivity contribution in [1.82, 2.24) is 4.90 Å². The van der Waals surface area contributed by atoms with Crippen molar-refractivity contribution in [3.63, 3.8) is 0 Å². The van der Waals surface area contributed by atoms with Crippen molar-refractivity contribution in [3.8, 4) is 34.3 Å². The van der Waals surface area contributed by atoms with E-state index in [0.717, 1.165) is 79.6 Å². The van der Waals surface area contributed by atoms with E-state index in [0.29, 0.717) is 13.4 Å². The van der Waals surface area contributed by atoms with Gasteiger partial charge in [-0.2, -0.15) is 4.57 Å². The van der Waals surface area contributed by atoms with Crippen LogP contribution < -0.4 is 35.9 Å². The molecule has 0 spiro atoms. The molecule has 174 valence electrons. The van der Waals surface area contributed by atoms with Crippen LogP contribution in [0.5, 0.6) is 23.0 Å². The van der Waals surface area contributed by atoms with Gasteiger partial charge in [-0.3, -0.25) is 4.90 Å². The van der Waals surface area contributed by atoms with Crippen LogP contribution in [0, 0.1) is 0 Å². The summed E-state index contributed by atoms with van der Waals surface area (Å²) in [5.41, 5.74) is 3.68. The minimum absolute atomic E-state index is 0. The Balaban J connectivity index is 0.00000228. The van der Waals surface area contributed by atoms with Gasteiger partial charge in [0.25, 0.3) is 0 Å². The number of hydrogen-bond acceptors (Lipinski definition) is 6. The molecule has 3 aromatic rings. The summed E-state index contributed by atoms with van der Waals surface area (Å²) in [6.07, 6.45) is 3.15. The van der Waals surface area contributed by atoms with Gasteiger partial charge in [0.05, 0.1) is 31.3 Å². The standard InChI is InChI=1S/C25H27N2O5.ClH/c1-28-22-3-2-17-12-21-19-14-24-23(31-16-32-24)13-18(19)4-5-27(21)15-20(17)25(22)30-11-8-26-6-9-29-10-7-26;/h2-3,12-15H,4-11,16H2,1H3;1H/q+1;/p-1. The predicted octanol–water partition coefficient (Wildman–Crippen LogP) is -0.197. The predicted molar refractivity (Wildman–Crippen MR) is 119 cm³/mol. The molecule has 1 fully saturated rings.